The summed E-state index contributed by atoms with van der Waals surface area (Å²) in [5.41, 5.74) is 1.76. The number of halogens is 2. The largest absolute Gasteiger partial charge is 0.507 e. The molecule has 9 rings (SSSR count). The number of aromatic hydroxyl groups is 1. The molecule has 270 valence electrons. The van der Waals surface area contributed by atoms with E-state index in [1.54, 1.807) is 11.0 Å². The number of amides is 4. The second-order valence-electron chi connectivity index (χ2n) is 15.5. The Morgan fingerprint density at radius 3 is 2.30 bits per heavy atom. The van der Waals surface area contributed by atoms with Gasteiger partial charge in [0.2, 0.25) is 23.6 Å². The number of rotatable bonds is 5. The summed E-state index contributed by atoms with van der Waals surface area (Å²) in [6.45, 7) is 4.18. The molecule has 3 saturated heterocycles. The van der Waals surface area contributed by atoms with Crippen LogP contribution >= 0.6 is 11.6 Å². The quantitative estimate of drug-likeness (QED) is 0.172. The Morgan fingerprint density at radius 2 is 1.57 bits per heavy atom. The van der Waals surface area contributed by atoms with Crippen LogP contribution in [0.5, 0.6) is 5.75 Å². The van der Waals surface area contributed by atoms with E-state index < -0.39 is 52.6 Å². The van der Waals surface area contributed by atoms with Gasteiger partial charge < -0.3 is 5.11 Å². The Balaban J connectivity index is 1.09. The van der Waals surface area contributed by atoms with Gasteiger partial charge in [-0.3, -0.25) is 29.0 Å². The molecule has 4 amide bonds. The second-order valence-corrected chi connectivity index (χ2v) is 15.9. The third kappa shape index (κ3) is 5.11. The fraction of sp³-hybridized carbons (Fsp3) is 0.349. The van der Waals surface area contributed by atoms with Crippen LogP contribution in [0.1, 0.15) is 49.7 Å². The van der Waals surface area contributed by atoms with E-state index in [4.69, 9.17) is 11.6 Å². The Bertz CT molecular complexity index is 2240. The molecule has 1 N–H and O–H groups in total. The molecular weight excluding hydrogens is 693 g/mol. The van der Waals surface area contributed by atoms with Gasteiger partial charge in [0.05, 0.1) is 33.9 Å². The third-order valence-corrected chi connectivity index (χ3v) is 13.2. The highest BCUT2D eigenvalue weighted by molar-refractivity contribution is 6.31. The fourth-order valence-electron chi connectivity index (χ4n) is 10.3. The molecule has 4 fully saturated rings. The summed E-state index contributed by atoms with van der Waals surface area (Å²) in [5, 5.41) is 12.0. The van der Waals surface area contributed by atoms with Crippen LogP contribution in [0.4, 0.5) is 10.1 Å². The molecule has 1 saturated carbocycles. The van der Waals surface area contributed by atoms with Crippen LogP contribution in [-0.4, -0.2) is 57.7 Å². The summed E-state index contributed by atoms with van der Waals surface area (Å²) >= 11 is 6.16. The molecule has 53 heavy (non-hydrogen) atoms. The van der Waals surface area contributed by atoms with E-state index in [0.717, 1.165) is 47.1 Å². The summed E-state index contributed by atoms with van der Waals surface area (Å²) in [6.07, 6.45) is 4.01. The summed E-state index contributed by atoms with van der Waals surface area (Å²) in [5.74, 6) is -4.91. The van der Waals surface area contributed by atoms with Gasteiger partial charge in [-0.05, 0) is 79.3 Å². The number of phenols is 1. The topological polar surface area (TPSA) is 98.2 Å². The number of nitrogens with zero attached hydrogens (tertiary/aromatic N) is 3. The molecule has 6 atom stereocenters. The second kappa shape index (κ2) is 12.6. The molecule has 5 aliphatic rings. The molecule has 0 radical (unpaired) electrons. The van der Waals surface area contributed by atoms with Crippen LogP contribution in [0.2, 0.25) is 5.02 Å². The van der Waals surface area contributed by atoms with Crippen molar-refractivity contribution in [3.05, 3.63) is 119 Å². The number of allylic oxidation sites excluding steroid dienone is 2. The number of piperidine rings is 1. The minimum atomic E-state index is -1.29. The van der Waals surface area contributed by atoms with Gasteiger partial charge in [-0.2, -0.15) is 0 Å². The van der Waals surface area contributed by atoms with Crippen LogP contribution in [0, 0.1) is 34.9 Å². The minimum Gasteiger partial charge on any atom is -0.507 e. The monoisotopic (exact) mass is 731 g/mol. The third-order valence-electron chi connectivity index (χ3n) is 12.9. The van der Waals surface area contributed by atoms with Crippen LogP contribution in [0.15, 0.2) is 96.6 Å². The molecular formula is C43H39ClFN3O5. The van der Waals surface area contributed by atoms with E-state index in [1.807, 2.05) is 61.5 Å². The van der Waals surface area contributed by atoms with Crippen LogP contribution < -0.4 is 4.90 Å². The van der Waals surface area contributed by atoms with Crippen LogP contribution in [0.3, 0.4) is 0 Å². The molecule has 4 aromatic rings. The van der Waals surface area contributed by atoms with Crippen LogP contribution in [-0.2, 0) is 25.7 Å². The molecule has 4 aromatic carbocycles. The number of imide groups is 2. The van der Waals surface area contributed by atoms with Crippen molar-refractivity contribution >= 4 is 51.7 Å². The van der Waals surface area contributed by atoms with E-state index in [-0.39, 0.29) is 40.7 Å². The lowest BCUT2D eigenvalue weighted by Crippen LogP contribution is -2.49. The maximum absolute atomic E-state index is 14.8. The highest BCUT2D eigenvalue weighted by Gasteiger charge is 2.68. The highest BCUT2D eigenvalue weighted by Crippen LogP contribution is 2.64. The number of benzene rings is 4. The van der Waals surface area contributed by atoms with E-state index in [1.165, 1.54) is 17.7 Å². The summed E-state index contributed by atoms with van der Waals surface area (Å²) in [6, 6.07) is 24.7. The van der Waals surface area contributed by atoms with Gasteiger partial charge in [0.15, 0.2) is 0 Å². The van der Waals surface area contributed by atoms with Crippen molar-refractivity contribution in [2.45, 2.75) is 51.1 Å². The Labute approximate surface area is 311 Å². The average molecular weight is 732 g/mol. The maximum Gasteiger partial charge on any atom is 0.241 e. The predicted molar refractivity (Wildman–Crippen MR) is 198 cm³/mol. The van der Waals surface area contributed by atoms with Gasteiger partial charge in [0, 0.05) is 37.0 Å². The first kappa shape index (κ1) is 33.9. The molecule has 0 unspecified atom stereocenters. The lowest BCUT2D eigenvalue weighted by Gasteiger charge is -2.49. The number of carbonyl (C=O) groups excluding carboxylic acids is 4. The first-order chi connectivity index (χ1) is 25.6. The molecule has 0 spiro atoms. The zero-order valence-corrected chi connectivity index (χ0v) is 30.0. The summed E-state index contributed by atoms with van der Waals surface area (Å²) < 4.78 is 14.3. The standard InChI is InChI=1S/C43H39ClFN3O5/c1-43-33(40(51)48(42(43)53)26-11-15-35(45)34(44)21-26)22-32-30(38(43)29-14-16-36(49)28-10-6-5-9-27(28)29)12-13-31-37(32)41(52)47(39(31)50)25-17-19-46(20-18-25)23-24-7-3-2-4-8-24/h2-12,14-16,21,25,31-33,37-38,49H,13,17-20,22-23H2,1H3/t31-,32+,33-,37-,38-,43+/m0/s1. The van der Waals surface area contributed by atoms with Crippen molar-refractivity contribution in [3.8, 4) is 5.75 Å². The number of hydrogen-bond acceptors (Lipinski definition) is 6. The van der Waals surface area contributed by atoms with E-state index >= 15 is 0 Å². The molecule has 0 bridgehead atoms. The maximum atomic E-state index is 14.8. The first-order valence-corrected chi connectivity index (χ1v) is 18.8. The van der Waals surface area contributed by atoms with E-state index in [9.17, 15) is 28.7 Å². The SMILES string of the molecule is C[C@@]12C(=O)N(c3ccc(F)c(Cl)c3)C(=O)[C@@H]1C[C@@H]1C(=CC[C@@H]3C(=O)N(C4CCN(Cc5ccccc5)CC4)C(=O)[C@@H]31)[C@@H]2c1ccc(O)c2ccccc12. The van der Waals surface area contributed by atoms with Crippen molar-refractivity contribution in [1.29, 1.82) is 0 Å². The van der Waals surface area contributed by atoms with Gasteiger partial charge in [0.1, 0.15) is 11.6 Å². The van der Waals surface area contributed by atoms with Gasteiger partial charge in [0.25, 0.3) is 0 Å². The van der Waals surface area contributed by atoms with E-state index in [2.05, 4.69) is 17.0 Å². The summed E-state index contributed by atoms with van der Waals surface area (Å²) in [4.78, 5) is 63.3. The van der Waals surface area contributed by atoms with Crippen molar-refractivity contribution < 1.29 is 28.7 Å². The number of phenolic OH excluding ortho intramolecular Hbond substituents is 1. The number of hydrogen-bond donors (Lipinski definition) is 1. The van der Waals surface area contributed by atoms with Crippen molar-refractivity contribution in [2.75, 3.05) is 18.0 Å². The van der Waals surface area contributed by atoms with Crippen molar-refractivity contribution in [2.24, 2.45) is 29.1 Å². The van der Waals surface area contributed by atoms with E-state index in [0.29, 0.717) is 24.6 Å². The Hall–Kier alpha value is -4.86. The number of fused-ring (bicyclic) bond motifs is 5. The predicted octanol–water partition coefficient (Wildman–Crippen LogP) is 7.23. The minimum absolute atomic E-state index is 0.0922. The van der Waals surface area contributed by atoms with Gasteiger partial charge in [-0.1, -0.05) is 83.9 Å². The molecule has 0 aromatic heterocycles. The highest BCUT2D eigenvalue weighted by atomic mass is 35.5. The molecule has 3 heterocycles. The lowest BCUT2D eigenvalue weighted by molar-refractivity contribution is -0.144. The van der Waals surface area contributed by atoms with Crippen molar-refractivity contribution in [3.63, 3.8) is 0 Å². The first-order valence-electron chi connectivity index (χ1n) is 18.4. The number of carbonyl (C=O) groups is 4. The molecule has 2 aliphatic carbocycles. The van der Waals surface area contributed by atoms with Gasteiger partial charge in [-0.25, -0.2) is 9.29 Å². The van der Waals surface area contributed by atoms with Gasteiger partial charge >= 0.3 is 0 Å². The average Bonchev–Trinajstić information content (AvgIpc) is 3.53. The molecule has 10 heteroatoms. The van der Waals surface area contributed by atoms with Crippen molar-refractivity contribution in [1.82, 2.24) is 9.80 Å². The Kier molecular flexibility index (Phi) is 8.09. The normalized spacial score (nSPS) is 29.0. The zero-order chi connectivity index (χ0) is 36.8. The molecule has 3 aliphatic heterocycles. The summed E-state index contributed by atoms with van der Waals surface area (Å²) in [7, 11) is 0. The fourth-order valence-corrected chi connectivity index (χ4v) is 10.5. The van der Waals surface area contributed by atoms with Crippen LogP contribution in [0.25, 0.3) is 10.8 Å². The lowest BCUT2D eigenvalue weighted by atomic mass is 9.51. The Morgan fingerprint density at radius 1 is 0.849 bits per heavy atom. The molecule has 8 nitrogen and oxygen atoms in total. The number of likely N-dealkylation sites (tertiary alicyclic amines) is 2. The number of anilines is 1. The van der Waals surface area contributed by atoms with Gasteiger partial charge in [-0.15, -0.1) is 0 Å². The smallest absolute Gasteiger partial charge is 0.241 e. The zero-order valence-electron chi connectivity index (χ0n) is 29.3.